The van der Waals surface area contributed by atoms with Gasteiger partial charge in [0.05, 0.1) is 6.61 Å². The van der Waals surface area contributed by atoms with Gasteiger partial charge in [-0.3, -0.25) is 0 Å². The highest BCUT2D eigenvalue weighted by molar-refractivity contribution is 5.62. The average Bonchev–Trinajstić information content (AvgIpc) is 2.34. The highest BCUT2D eigenvalue weighted by Gasteiger charge is 2.25. The topological polar surface area (TPSA) is 26.3 Å². The van der Waals surface area contributed by atoms with Gasteiger partial charge in [0.1, 0.15) is 12.1 Å². The molecule has 2 rings (SSSR count). The molecule has 0 aromatic heterocycles. The number of aldehydes is 1. The third-order valence-electron chi connectivity index (χ3n) is 3.10. The van der Waals surface area contributed by atoms with Crippen LogP contribution < -0.4 is 0 Å². The van der Waals surface area contributed by atoms with Crippen LogP contribution in [0.1, 0.15) is 24.3 Å². The van der Waals surface area contributed by atoms with Gasteiger partial charge >= 0.3 is 0 Å². The Labute approximate surface area is 94.4 Å². The standard InChI is InChI=1S/C13H15FO2/c14-12-5-3-10(4-6-12)13(8-15)11-2-1-7-16-9-11/h3-6,8,11,13H,1-2,7,9H2. The third-order valence-corrected chi connectivity index (χ3v) is 3.10. The molecule has 0 radical (unpaired) electrons. The SMILES string of the molecule is O=CC(c1ccc(F)cc1)C1CCCOC1. The Morgan fingerprint density at radius 1 is 1.38 bits per heavy atom. The first-order valence-corrected chi connectivity index (χ1v) is 5.60. The summed E-state index contributed by atoms with van der Waals surface area (Å²) in [6, 6.07) is 6.16. The van der Waals surface area contributed by atoms with Gasteiger partial charge in [0.25, 0.3) is 0 Å². The van der Waals surface area contributed by atoms with Crippen molar-refractivity contribution in [3.05, 3.63) is 35.6 Å². The van der Waals surface area contributed by atoms with Gasteiger partial charge in [-0.25, -0.2) is 4.39 Å². The molecule has 0 saturated carbocycles. The maximum absolute atomic E-state index is 12.8. The van der Waals surface area contributed by atoms with E-state index in [0.717, 1.165) is 31.3 Å². The van der Waals surface area contributed by atoms with Gasteiger partial charge in [0.15, 0.2) is 0 Å². The summed E-state index contributed by atoms with van der Waals surface area (Å²) in [6.45, 7) is 1.41. The molecular weight excluding hydrogens is 207 g/mol. The molecule has 1 saturated heterocycles. The number of halogens is 1. The summed E-state index contributed by atoms with van der Waals surface area (Å²) >= 11 is 0. The average molecular weight is 222 g/mol. The predicted octanol–water partition coefficient (Wildman–Crippen LogP) is 2.53. The molecule has 2 nitrogen and oxygen atoms in total. The maximum atomic E-state index is 12.8. The van der Waals surface area contributed by atoms with Crippen molar-refractivity contribution < 1.29 is 13.9 Å². The molecule has 3 heteroatoms. The fourth-order valence-electron chi connectivity index (χ4n) is 2.20. The quantitative estimate of drug-likeness (QED) is 0.734. The van der Waals surface area contributed by atoms with E-state index < -0.39 is 0 Å². The molecule has 16 heavy (non-hydrogen) atoms. The zero-order valence-electron chi connectivity index (χ0n) is 9.06. The van der Waals surface area contributed by atoms with E-state index in [0.29, 0.717) is 6.61 Å². The number of hydrogen-bond acceptors (Lipinski definition) is 2. The largest absolute Gasteiger partial charge is 0.381 e. The molecular formula is C13H15FO2. The first kappa shape index (κ1) is 11.3. The second-order valence-corrected chi connectivity index (χ2v) is 4.19. The molecule has 2 unspecified atom stereocenters. The molecule has 2 atom stereocenters. The molecule has 1 fully saturated rings. The molecule has 1 aliphatic rings. The number of rotatable bonds is 3. The number of hydrogen-bond donors (Lipinski definition) is 0. The molecule has 0 N–H and O–H groups in total. The lowest BCUT2D eigenvalue weighted by Gasteiger charge is -2.27. The highest BCUT2D eigenvalue weighted by atomic mass is 19.1. The molecule has 0 amide bonds. The maximum Gasteiger partial charge on any atom is 0.127 e. The summed E-state index contributed by atoms with van der Waals surface area (Å²) in [4.78, 5) is 11.1. The van der Waals surface area contributed by atoms with E-state index in [1.54, 1.807) is 12.1 Å². The van der Waals surface area contributed by atoms with E-state index in [1.165, 1.54) is 12.1 Å². The van der Waals surface area contributed by atoms with E-state index in [-0.39, 0.29) is 17.7 Å². The van der Waals surface area contributed by atoms with Crippen molar-refractivity contribution in [3.8, 4) is 0 Å². The Morgan fingerprint density at radius 2 is 2.12 bits per heavy atom. The van der Waals surface area contributed by atoms with Crippen LogP contribution in [0.3, 0.4) is 0 Å². The minimum atomic E-state index is -0.270. The summed E-state index contributed by atoms with van der Waals surface area (Å²) in [6.07, 6.45) is 2.95. The third kappa shape index (κ3) is 2.47. The van der Waals surface area contributed by atoms with E-state index in [9.17, 15) is 9.18 Å². The van der Waals surface area contributed by atoms with Crippen molar-refractivity contribution in [2.24, 2.45) is 5.92 Å². The highest BCUT2D eigenvalue weighted by Crippen LogP contribution is 2.29. The van der Waals surface area contributed by atoms with Gasteiger partial charge in [-0.1, -0.05) is 12.1 Å². The van der Waals surface area contributed by atoms with Crippen LogP contribution >= 0.6 is 0 Å². The molecule has 86 valence electrons. The van der Waals surface area contributed by atoms with Crippen LogP contribution in [0.5, 0.6) is 0 Å². The Balaban J connectivity index is 2.14. The van der Waals surface area contributed by atoms with Crippen molar-refractivity contribution in [3.63, 3.8) is 0 Å². The van der Waals surface area contributed by atoms with Crippen LogP contribution in [0, 0.1) is 11.7 Å². The van der Waals surface area contributed by atoms with Crippen molar-refractivity contribution in [2.45, 2.75) is 18.8 Å². The van der Waals surface area contributed by atoms with Crippen molar-refractivity contribution >= 4 is 6.29 Å². The number of carbonyl (C=O) groups is 1. The molecule has 0 aliphatic carbocycles. The molecule has 0 spiro atoms. The van der Waals surface area contributed by atoms with Crippen LogP contribution in [0.4, 0.5) is 4.39 Å². The second kappa shape index (κ2) is 5.21. The van der Waals surface area contributed by atoms with Gasteiger partial charge in [0.2, 0.25) is 0 Å². The Bertz CT molecular complexity index is 341. The van der Waals surface area contributed by atoms with Crippen LogP contribution in [0.25, 0.3) is 0 Å². The molecule has 0 bridgehead atoms. The van der Waals surface area contributed by atoms with Crippen LogP contribution in [-0.4, -0.2) is 19.5 Å². The van der Waals surface area contributed by atoms with Crippen LogP contribution in [-0.2, 0) is 9.53 Å². The van der Waals surface area contributed by atoms with Crippen LogP contribution in [0.2, 0.25) is 0 Å². The summed E-state index contributed by atoms with van der Waals surface area (Å²) in [5.74, 6) is -0.203. The van der Waals surface area contributed by atoms with Gasteiger partial charge in [-0.05, 0) is 36.5 Å². The smallest absolute Gasteiger partial charge is 0.127 e. The van der Waals surface area contributed by atoms with E-state index in [4.69, 9.17) is 4.74 Å². The first-order chi connectivity index (χ1) is 7.81. The lowest BCUT2D eigenvalue weighted by molar-refractivity contribution is -0.111. The van der Waals surface area contributed by atoms with Gasteiger partial charge in [-0.2, -0.15) is 0 Å². The number of benzene rings is 1. The summed E-state index contributed by atoms with van der Waals surface area (Å²) in [5.41, 5.74) is 0.881. The molecule has 1 aliphatic heterocycles. The Morgan fingerprint density at radius 3 is 2.69 bits per heavy atom. The van der Waals surface area contributed by atoms with E-state index >= 15 is 0 Å². The lowest BCUT2D eigenvalue weighted by atomic mass is 9.84. The van der Waals surface area contributed by atoms with Gasteiger partial charge in [0, 0.05) is 12.5 Å². The molecule has 1 aromatic rings. The molecule has 1 aromatic carbocycles. The second-order valence-electron chi connectivity index (χ2n) is 4.19. The van der Waals surface area contributed by atoms with Crippen molar-refractivity contribution in [2.75, 3.05) is 13.2 Å². The van der Waals surface area contributed by atoms with E-state index in [2.05, 4.69) is 0 Å². The number of ether oxygens (including phenoxy) is 1. The number of carbonyl (C=O) groups excluding carboxylic acids is 1. The summed E-state index contributed by atoms with van der Waals surface area (Å²) in [5, 5.41) is 0. The Hall–Kier alpha value is -1.22. The minimum Gasteiger partial charge on any atom is -0.381 e. The lowest BCUT2D eigenvalue weighted by Crippen LogP contribution is -2.24. The zero-order valence-corrected chi connectivity index (χ0v) is 9.06. The fourth-order valence-corrected chi connectivity index (χ4v) is 2.20. The zero-order chi connectivity index (χ0) is 11.4. The normalized spacial score (nSPS) is 22.7. The van der Waals surface area contributed by atoms with Crippen molar-refractivity contribution in [1.29, 1.82) is 0 Å². The summed E-state index contributed by atoms with van der Waals surface area (Å²) < 4.78 is 18.2. The fraction of sp³-hybridized carbons (Fsp3) is 0.462. The first-order valence-electron chi connectivity index (χ1n) is 5.60. The van der Waals surface area contributed by atoms with E-state index in [1.807, 2.05) is 0 Å². The minimum absolute atomic E-state index is 0.166. The van der Waals surface area contributed by atoms with Crippen molar-refractivity contribution in [1.82, 2.24) is 0 Å². The summed E-state index contributed by atoms with van der Waals surface area (Å²) in [7, 11) is 0. The van der Waals surface area contributed by atoms with Gasteiger partial charge in [-0.15, -0.1) is 0 Å². The van der Waals surface area contributed by atoms with Crippen LogP contribution in [0.15, 0.2) is 24.3 Å². The Kier molecular flexibility index (Phi) is 3.67. The van der Waals surface area contributed by atoms with Gasteiger partial charge < -0.3 is 9.53 Å². The molecule has 1 heterocycles. The monoisotopic (exact) mass is 222 g/mol. The predicted molar refractivity (Wildman–Crippen MR) is 58.7 cm³/mol.